The second-order valence-electron chi connectivity index (χ2n) is 6.98. The van der Waals surface area contributed by atoms with Gasteiger partial charge in [0.05, 0.1) is 23.0 Å². The van der Waals surface area contributed by atoms with E-state index in [0.717, 1.165) is 36.3 Å². The van der Waals surface area contributed by atoms with E-state index in [1.165, 1.54) is 0 Å². The minimum Gasteiger partial charge on any atom is -0.349 e. The van der Waals surface area contributed by atoms with Crippen molar-refractivity contribution in [2.24, 2.45) is 0 Å². The molecule has 0 bridgehead atoms. The molecule has 8 nitrogen and oxygen atoms in total. The Bertz CT molecular complexity index is 955. The molecule has 1 fully saturated rings. The molecule has 1 N–H and O–H groups in total. The smallest absolute Gasteiger partial charge is 0.259 e. The van der Waals surface area contributed by atoms with Crippen LogP contribution in [-0.4, -0.2) is 36.9 Å². The number of pyridine rings is 1. The number of hydrogen-bond donors (Lipinski definition) is 1. The predicted molar refractivity (Wildman–Crippen MR) is 98.6 cm³/mol. The molecule has 1 aliphatic rings. The molecule has 0 radical (unpaired) electrons. The van der Waals surface area contributed by atoms with Crippen LogP contribution in [0.15, 0.2) is 29.0 Å². The maximum atomic E-state index is 12.4. The van der Waals surface area contributed by atoms with E-state index in [9.17, 15) is 4.79 Å². The molecule has 8 heteroatoms. The highest BCUT2D eigenvalue weighted by Gasteiger charge is 2.29. The first-order chi connectivity index (χ1) is 13.1. The molecule has 4 rings (SSSR count). The number of nitrogens with zero attached hydrogens (tertiary/aromatic N) is 5. The molecule has 3 aromatic heterocycles. The first kappa shape index (κ1) is 17.4. The van der Waals surface area contributed by atoms with Gasteiger partial charge in [0, 0.05) is 18.2 Å². The van der Waals surface area contributed by atoms with E-state index >= 15 is 0 Å². The number of nitrogens with one attached hydrogen (secondary N) is 1. The van der Waals surface area contributed by atoms with E-state index in [4.69, 9.17) is 4.52 Å². The second-order valence-corrected chi connectivity index (χ2v) is 6.98. The Labute approximate surface area is 157 Å². The third-order valence-electron chi connectivity index (χ3n) is 4.84. The van der Waals surface area contributed by atoms with Gasteiger partial charge in [-0.25, -0.2) is 9.67 Å². The quantitative estimate of drug-likeness (QED) is 0.720. The van der Waals surface area contributed by atoms with Crippen molar-refractivity contribution in [1.82, 2.24) is 30.2 Å². The molecule has 1 aliphatic carbocycles. The van der Waals surface area contributed by atoms with Gasteiger partial charge >= 0.3 is 0 Å². The van der Waals surface area contributed by atoms with E-state index in [2.05, 4.69) is 25.5 Å². The largest absolute Gasteiger partial charge is 0.349 e. The van der Waals surface area contributed by atoms with Crippen LogP contribution in [0.2, 0.25) is 0 Å². The fourth-order valence-electron chi connectivity index (χ4n) is 2.76. The van der Waals surface area contributed by atoms with E-state index in [1.54, 1.807) is 17.1 Å². The van der Waals surface area contributed by atoms with Gasteiger partial charge in [-0.15, -0.1) is 0 Å². The molecule has 1 atom stereocenters. The van der Waals surface area contributed by atoms with Crippen molar-refractivity contribution in [3.05, 3.63) is 41.6 Å². The van der Waals surface area contributed by atoms with Gasteiger partial charge in [0.15, 0.2) is 11.6 Å². The van der Waals surface area contributed by atoms with Gasteiger partial charge < -0.3 is 9.84 Å². The summed E-state index contributed by atoms with van der Waals surface area (Å²) in [5.41, 5.74) is 2.05. The summed E-state index contributed by atoms with van der Waals surface area (Å²) in [4.78, 5) is 21.2. The summed E-state index contributed by atoms with van der Waals surface area (Å²) in [5, 5.41) is 11.3. The number of rotatable bonds is 6. The van der Waals surface area contributed by atoms with Crippen LogP contribution in [0.1, 0.15) is 60.9 Å². The molecule has 3 heterocycles. The van der Waals surface area contributed by atoms with Crippen molar-refractivity contribution in [3.63, 3.8) is 0 Å². The van der Waals surface area contributed by atoms with Gasteiger partial charge in [-0.05, 0) is 45.2 Å². The summed E-state index contributed by atoms with van der Waals surface area (Å²) in [7, 11) is 0. The standard InChI is InChI=1S/C19H22N6O2/c1-4-11(2)22-18(26)15-10-21-25(12(15)3)16-8-7-14(9-20-16)19-23-17(24-27-19)13-5-6-13/h7-11,13H,4-6H2,1-3H3,(H,22,26)/t11-/m0/s1. The highest BCUT2D eigenvalue weighted by Crippen LogP contribution is 2.38. The molecule has 3 aromatic rings. The Morgan fingerprint density at radius 1 is 1.37 bits per heavy atom. The first-order valence-electron chi connectivity index (χ1n) is 9.22. The molecular formula is C19H22N6O2. The molecule has 0 saturated heterocycles. The highest BCUT2D eigenvalue weighted by molar-refractivity contribution is 5.95. The monoisotopic (exact) mass is 366 g/mol. The molecule has 0 spiro atoms. The summed E-state index contributed by atoms with van der Waals surface area (Å²) >= 11 is 0. The van der Waals surface area contributed by atoms with Gasteiger partial charge in [0.1, 0.15) is 0 Å². The fourth-order valence-corrected chi connectivity index (χ4v) is 2.76. The van der Waals surface area contributed by atoms with Crippen LogP contribution < -0.4 is 5.32 Å². The Morgan fingerprint density at radius 3 is 2.85 bits per heavy atom. The Morgan fingerprint density at radius 2 is 2.19 bits per heavy atom. The van der Waals surface area contributed by atoms with Crippen LogP contribution in [-0.2, 0) is 0 Å². The first-order valence-corrected chi connectivity index (χ1v) is 9.22. The Hall–Kier alpha value is -3.03. The summed E-state index contributed by atoms with van der Waals surface area (Å²) in [6, 6.07) is 3.81. The average Bonchev–Trinajstić information content (AvgIpc) is 3.28. The zero-order valence-electron chi connectivity index (χ0n) is 15.6. The lowest BCUT2D eigenvalue weighted by Gasteiger charge is -2.11. The molecule has 0 aliphatic heterocycles. The Balaban J connectivity index is 1.54. The van der Waals surface area contributed by atoms with Crippen LogP contribution in [0.5, 0.6) is 0 Å². The topological polar surface area (TPSA) is 98.7 Å². The second kappa shape index (κ2) is 6.94. The summed E-state index contributed by atoms with van der Waals surface area (Å²) in [6.45, 7) is 5.86. The van der Waals surface area contributed by atoms with E-state index in [0.29, 0.717) is 23.2 Å². The fraction of sp³-hybridized carbons (Fsp3) is 0.421. The summed E-state index contributed by atoms with van der Waals surface area (Å²) in [6.07, 6.45) is 6.38. The van der Waals surface area contributed by atoms with Crippen molar-refractivity contribution < 1.29 is 9.32 Å². The lowest BCUT2D eigenvalue weighted by Crippen LogP contribution is -2.32. The van der Waals surface area contributed by atoms with Crippen LogP contribution in [0.3, 0.4) is 0 Å². The number of amides is 1. The molecular weight excluding hydrogens is 344 g/mol. The molecule has 0 aromatic carbocycles. The van der Waals surface area contributed by atoms with Gasteiger partial charge in [-0.2, -0.15) is 10.1 Å². The SMILES string of the molecule is CC[C@H](C)NC(=O)c1cnn(-c2ccc(-c3nc(C4CC4)no3)cn2)c1C. The molecule has 140 valence electrons. The van der Waals surface area contributed by atoms with Crippen molar-refractivity contribution in [2.45, 2.75) is 52.0 Å². The number of carbonyl (C=O) groups is 1. The highest BCUT2D eigenvalue weighted by atomic mass is 16.5. The third-order valence-corrected chi connectivity index (χ3v) is 4.84. The number of aromatic nitrogens is 5. The van der Waals surface area contributed by atoms with E-state index < -0.39 is 0 Å². The molecule has 1 amide bonds. The molecule has 1 saturated carbocycles. The minimum atomic E-state index is -0.122. The van der Waals surface area contributed by atoms with Crippen LogP contribution in [0, 0.1) is 6.92 Å². The average molecular weight is 366 g/mol. The zero-order chi connectivity index (χ0) is 19.0. The van der Waals surface area contributed by atoms with Crippen molar-refractivity contribution in [3.8, 4) is 17.3 Å². The van der Waals surface area contributed by atoms with Crippen molar-refractivity contribution in [1.29, 1.82) is 0 Å². The predicted octanol–water partition coefficient (Wildman–Crippen LogP) is 3.03. The third kappa shape index (κ3) is 3.47. The van der Waals surface area contributed by atoms with Gasteiger partial charge in [-0.3, -0.25) is 4.79 Å². The lowest BCUT2D eigenvalue weighted by molar-refractivity contribution is 0.0938. The van der Waals surface area contributed by atoms with Gasteiger partial charge in [0.25, 0.3) is 11.8 Å². The normalized spacial score (nSPS) is 14.9. The van der Waals surface area contributed by atoms with E-state index in [1.807, 2.05) is 32.9 Å². The van der Waals surface area contributed by atoms with Gasteiger partial charge in [-0.1, -0.05) is 12.1 Å². The zero-order valence-corrected chi connectivity index (χ0v) is 15.6. The van der Waals surface area contributed by atoms with Crippen molar-refractivity contribution >= 4 is 5.91 Å². The number of carbonyl (C=O) groups excluding carboxylic acids is 1. The van der Waals surface area contributed by atoms with Gasteiger partial charge in [0.2, 0.25) is 0 Å². The maximum absolute atomic E-state index is 12.4. The lowest BCUT2D eigenvalue weighted by atomic mass is 10.2. The Kier molecular flexibility index (Phi) is 4.47. The van der Waals surface area contributed by atoms with Crippen molar-refractivity contribution in [2.75, 3.05) is 0 Å². The molecule has 0 unspecified atom stereocenters. The summed E-state index contributed by atoms with van der Waals surface area (Å²) in [5.74, 6) is 2.20. The van der Waals surface area contributed by atoms with Crippen LogP contribution in [0.25, 0.3) is 17.3 Å². The minimum absolute atomic E-state index is 0.118. The number of hydrogen-bond acceptors (Lipinski definition) is 6. The van der Waals surface area contributed by atoms with Crippen LogP contribution >= 0.6 is 0 Å². The molecule has 27 heavy (non-hydrogen) atoms. The summed E-state index contributed by atoms with van der Waals surface area (Å²) < 4.78 is 6.98. The van der Waals surface area contributed by atoms with Crippen LogP contribution in [0.4, 0.5) is 0 Å². The van der Waals surface area contributed by atoms with E-state index in [-0.39, 0.29) is 11.9 Å². The maximum Gasteiger partial charge on any atom is 0.259 e.